The first-order chi connectivity index (χ1) is 20.7. The predicted octanol–water partition coefficient (Wildman–Crippen LogP) is 2.65. The first-order valence-electron chi connectivity index (χ1n) is 13.5. The Morgan fingerprint density at radius 2 is 1.93 bits per heavy atom. The maximum atomic E-state index is 14.2. The number of aromatic nitrogens is 2. The van der Waals surface area contributed by atoms with Crippen LogP contribution in [0.3, 0.4) is 0 Å². The zero-order valence-corrected chi connectivity index (χ0v) is 26.0. The molecule has 0 amide bonds. The molecule has 236 valence electrons. The van der Waals surface area contributed by atoms with Gasteiger partial charge in [-0.05, 0) is 41.3 Å². The Bertz CT molecular complexity index is 1740. The molecular weight excluding hydrogens is 617 g/mol. The molecule has 1 aromatic heterocycles. The van der Waals surface area contributed by atoms with Crippen molar-refractivity contribution >= 4 is 36.1 Å². The van der Waals surface area contributed by atoms with Gasteiger partial charge in [-0.2, -0.15) is 5.09 Å². The van der Waals surface area contributed by atoms with Gasteiger partial charge in [-0.25, -0.2) is 9.36 Å². The topological polar surface area (TPSA) is 178 Å². The second-order valence-corrected chi connectivity index (χ2v) is 13.3. The first-order valence-corrected chi connectivity index (χ1v) is 15.4. The molecule has 0 saturated carbocycles. The summed E-state index contributed by atoms with van der Waals surface area (Å²) in [6.45, 7) is 6.48. The van der Waals surface area contributed by atoms with E-state index in [-0.39, 0.29) is 17.8 Å². The van der Waals surface area contributed by atoms with Crippen LogP contribution in [-0.4, -0.2) is 62.8 Å². The Labute approximate surface area is 257 Å². The predicted molar refractivity (Wildman–Crippen MR) is 161 cm³/mol. The number of rotatable bonds is 10. The summed E-state index contributed by atoms with van der Waals surface area (Å²) < 4.78 is 37.7. The second-order valence-electron chi connectivity index (χ2n) is 11.4. The number of hydrogen-bond donors (Lipinski definition) is 4. The van der Waals surface area contributed by atoms with Crippen molar-refractivity contribution in [1.29, 1.82) is 0 Å². The third-order valence-corrected chi connectivity index (χ3v) is 8.29. The number of hydrogen-bond acceptors (Lipinski definition) is 10. The van der Waals surface area contributed by atoms with Crippen molar-refractivity contribution in [2.24, 2.45) is 5.41 Å². The number of nitrogens with one attached hydrogen (secondary N) is 2. The zero-order chi connectivity index (χ0) is 32.3. The number of aliphatic hydroxyl groups is 2. The molecule has 0 spiro atoms. The van der Waals surface area contributed by atoms with Gasteiger partial charge in [0, 0.05) is 23.0 Å². The number of carbonyl (C=O) groups is 1. The van der Waals surface area contributed by atoms with E-state index in [0.29, 0.717) is 5.39 Å². The molecule has 13 nitrogen and oxygen atoms in total. The molecule has 0 radical (unpaired) electrons. The van der Waals surface area contributed by atoms with Crippen LogP contribution in [0.15, 0.2) is 64.3 Å². The van der Waals surface area contributed by atoms with Crippen molar-refractivity contribution in [3.8, 4) is 17.0 Å². The lowest BCUT2D eigenvalue weighted by Gasteiger charge is -2.26. The van der Waals surface area contributed by atoms with Gasteiger partial charge in [0.2, 0.25) is 5.60 Å². The number of ether oxygens (including phenoxy) is 2. The van der Waals surface area contributed by atoms with Crippen molar-refractivity contribution in [1.82, 2.24) is 14.6 Å². The Morgan fingerprint density at radius 1 is 1.23 bits per heavy atom. The molecule has 4 rings (SSSR count). The summed E-state index contributed by atoms with van der Waals surface area (Å²) in [6, 6.07) is 12.1. The fourth-order valence-electron chi connectivity index (χ4n) is 4.37. The molecule has 3 aromatic rings. The van der Waals surface area contributed by atoms with E-state index in [4.69, 9.17) is 30.1 Å². The maximum absolute atomic E-state index is 14.2. The Kier molecular flexibility index (Phi) is 10.1. The highest BCUT2D eigenvalue weighted by atomic mass is 35.5. The third kappa shape index (κ3) is 7.60. The average molecular weight is 650 g/mol. The highest BCUT2D eigenvalue weighted by Gasteiger charge is 2.56. The maximum Gasteiger partial charge on any atom is 0.459 e. The van der Waals surface area contributed by atoms with E-state index in [9.17, 15) is 29.2 Å². The van der Waals surface area contributed by atoms with Crippen LogP contribution in [0.25, 0.3) is 10.8 Å². The molecular formula is C29H33ClN3O10P. The Morgan fingerprint density at radius 3 is 2.61 bits per heavy atom. The first kappa shape index (κ1) is 33.4. The zero-order valence-electron chi connectivity index (χ0n) is 24.4. The largest absolute Gasteiger partial charge is 0.464 e. The monoisotopic (exact) mass is 649 g/mol. The van der Waals surface area contributed by atoms with E-state index in [1.807, 2.05) is 49.3 Å². The molecule has 2 aromatic carbocycles. The molecule has 1 saturated heterocycles. The highest BCUT2D eigenvalue weighted by Crippen LogP contribution is 2.48. The standard InChI is InChI=1S/C29H33ClN3O10P/c1-18(25(36)40-17-28(2,3)4)32-44(39,43-21-11-7-9-19-8-5-6-10-20(19)21)41-16-22-24(35)29(38,13-14-30)26(42-22)33-15-12-23(34)31-27(33)37/h5-12,15,18,22,24,26,35,38H,16-17H2,1-4H3,(H,32,39)(H,31,34,37). The van der Waals surface area contributed by atoms with Gasteiger partial charge >= 0.3 is 19.4 Å². The molecule has 1 aliphatic rings. The van der Waals surface area contributed by atoms with E-state index in [1.54, 1.807) is 24.3 Å². The summed E-state index contributed by atoms with van der Waals surface area (Å²) in [5.41, 5.74) is -4.43. The van der Waals surface area contributed by atoms with Crippen molar-refractivity contribution < 1.29 is 38.1 Å². The SMILES string of the molecule is CC(NP(=O)(OCC1OC(n2ccc(=O)[nH]c2=O)C(O)(C#CCl)C1O)Oc1cccc2ccccc12)C(=O)OCC(C)(C)C. The molecule has 6 atom stereocenters. The molecule has 0 bridgehead atoms. The van der Waals surface area contributed by atoms with Gasteiger partial charge in [-0.15, -0.1) is 0 Å². The van der Waals surface area contributed by atoms with Crippen LogP contribution >= 0.6 is 19.3 Å². The van der Waals surface area contributed by atoms with Crippen molar-refractivity contribution in [2.75, 3.05) is 13.2 Å². The van der Waals surface area contributed by atoms with Crippen molar-refractivity contribution in [3.05, 3.63) is 75.6 Å². The van der Waals surface area contributed by atoms with Crippen LogP contribution in [0, 0.1) is 16.7 Å². The van der Waals surface area contributed by atoms with Gasteiger partial charge < -0.3 is 24.2 Å². The fraction of sp³-hybridized carbons (Fsp3) is 0.414. The van der Waals surface area contributed by atoms with E-state index in [2.05, 4.69) is 11.0 Å². The number of aromatic amines is 1. The van der Waals surface area contributed by atoms with Gasteiger partial charge in [0.25, 0.3) is 5.56 Å². The summed E-state index contributed by atoms with van der Waals surface area (Å²) in [6.07, 6.45) is -3.91. The summed E-state index contributed by atoms with van der Waals surface area (Å²) in [5.74, 6) is 1.69. The summed E-state index contributed by atoms with van der Waals surface area (Å²) >= 11 is 5.55. The van der Waals surface area contributed by atoms with E-state index in [1.165, 1.54) is 6.92 Å². The minimum Gasteiger partial charge on any atom is -0.464 e. The Balaban J connectivity index is 1.63. The number of esters is 1. The van der Waals surface area contributed by atoms with Gasteiger partial charge in [0.15, 0.2) is 6.23 Å². The van der Waals surface area contributed by atoms with Crippen LogP contribution in [0.2, 0.25) is 0 Å². The number of halogens is 1. The highest BCUT2D eigenvalue weighted by molar-refractivity contribution is 7.52. The van der Waals surface area contributed by atoms with Gasteiger partial charge in [-0.1, -0.05) is 57.2 Å². The molecule has 4 N–H and O–H groups in total. The molecule has 1 fully saturated rings. The number of nitrogens with zero attached hydrogens (tertiary/aromatic N) is 1. The van der Waals surface area contributed by atoms with E-state index in [0.717, 1.165) is 22.2 Å². The minimum atomic E-state index is -4.47. The number of H-pyrrole nitrogens is 1. The summed E-state index contributed by atoms with van der Waals surface area (Å²) in [5, 5.41) is 28.2. The van der Waals surface area contributed by atoms with Crippen LogP contribution in [0.5, 0.6) is 5.75 Å². The van der Waals surface area contributed by atoms with Gasteiger partial charge in [0.05, 0.1) is 13.2 Å². The number of benzene rings is 2. The molecule has 44 heavy (non-hydrogen) atoms. The minimum absolute atomic E-state index is 0.0982. The van der Waals surface area contributed by atoms with Crippen molar-refractivity contribution in [3.63, 3.8) is 0 Å². The average Bonchev–Trinajstić information content (AvgIpc) is 3.19. The molecule has 2 heterocycles. The lowest BCUT2D eigenvalue weighted by molar-refractivity contribution is -0.148. The smallest absolute Gasteiger partial charge is 0.459 e. The summed E-state index contributed by atoms with van der Waals surface area (Å²) in [4.78, 5) is 38.8. The van der Waals surface area contributed by atoms with Gasteiger partial charge in [-0.3, -0.25) is 23.7 Å². The molecule has 1 aliphatic heterocycles. The second kappa shape index (κ2) is 13.3. The van der Waals surface area contributed by atoms with Crippen molar-refractivity contribution in [2.45, 2.75) is 57.8 Å². The van der Waals surface area contributed by atoms with Crippen LogP contribution in [-0.2, 0) is 23.4 Å². The lowest BCUT2D eigenvalue weighted by atomic mass is 9.95. The lowest BCUT2D eigenvalue weighted by Crippen LogP contribution is -2.48. The third-order valence-electron chi connectivity index (χ3n) is 6.56. The van der Waals surface area contributed by atoms with E-state index < -0.39 is 61.7 Å². The fourth-order valence-corrected chi connectivity index (χ4v) is 6.05. The molecule has 15 heteroatoms. The van der Waals surface area contributed by atoms with Crippen LogP contribution in [0.1, 0.15) is 33.9 Å². The van der Waals surface area contributed by atoms with Crippen LogP contribution < -0.4 is 20.9 Å². The number of carbonyl (C=O) groups excluding carboxylic acids is 1. The van der Waals surface area contributed by atoms with E-state index >= 15 is 0 Å². The molecule has 0 aliphatic carbocycles. The number of fused-ring (bicyclic) bond motifs is 1. The summed E-state index contributed by atoms with van der Waals surface area (Å²) in [7, 11) is -4.47. The quantitative estimate of drug-likeness (QED) is 0.144. The Hall–Kier alpha value is -3.47. The van der Waals surface area contributed by atoms with Crippen LogP contribution in [0.4, 0.5) is 0 Å². The van der Waals surface area contributed by atoms with Gasteiger partial charge in [0.1, 0.15) is 24.0 Å². The number of aliphatic hydroxyl groups excluding tert-OH is 1. The molecule has 6 unspecified atom stereocenters. The normalized spacial score (nSPS) is 23.8.